The van der Waals surface area contributed by atoms with Gasteiger partial charge in [-0.05, 0) is 19.9 Å². The SMILES string of the molecule is CCCN(CCOCC)C1CNC1. The first-order chi connectivity index (χ1) is 6.38. The van der Waals surface area contributed by atoms with Crippen molar-refractivity contribution in [2.45, 2.75) is 26.3 Å². The zero-order valence-corrected chi connectivity index (χ0v) is 8.88. The average molecular weight is 186 g/mol. The summed E-state index contributed by atoms with van der Waals surface area (Å²) in [7, 11) is 0. The zero-order valence-electron chi connectivity index (χ0n) is 8.88. The fraction of sp³-hybridized carbons (Fsp3) is 1.00. The quantitative estimate of drug-likeness (QED) is 0.593. The van der Waals surface area contributed by atoms with Crippen LogP contribution in [0, 0.1) is 0 Å². The van der Waals surface area contributed by atoms with E-state index in [0.717, 1.165) is 38.9 Å². The molecule has 1 N–H and O–H groups in total. The minimum Gasteiger partial charge on any atom is -0.380 e. The Labute approximate surface area is 81.4 Å². The fourth-order valence-electron chi connectivity index (χ4n) is 1.62. The Kier molecular flexibility index (Phi) is 5.35. The molecule has 1 rings (SSSR count). The minimum atomic E-state index is 0.764. The highest BCUT2D eigenvalue weighted by molar-refractivity contribution is 4.84. The predicted molar refractivity (Wildman–Crippen MR) is 55.0 cm³/mol. The molecule has 0 bridgehead atoms. The molecule has 0 radical (unpaired) electrons. The lowest BCUT2D eigenvalue weighted by Crippen LogP contribution is -2.57. The Morgan fingerprint density at radius 2 is 2.08 bits per heavy atom. The number of nitrogens with one attached hydrogen (secondary N) is 1. The van der Waals surface area contributed by atoms with Gasteiger partial charge in [-0.1, -0.05) is 6.92 Å². The van der Waals surface area contributed by atoms with E-state index in [1.165, 1.54) is 13.0 Å². The number of nitrogens with zero attached hydrogens (tertiary/aromatic N) is 1. The van der Waals surface area contributed by atoms with Gasteiger partial charge in [-0.15, -0.1) is 0 Å². The van der Waals surface area contributed by atoms with Gasteiger partial charge >= 0.3 is 0 Å². The monoisotopic (exact) mass is 186 g/mol. The summed E-state index contributed by atoms with van der Waals surface area (Å²) in [6, 6.07) is 0.764. The van der Waals surface area contributed by atoms with Crippen LogP contribution in [-0.4, -0.2) is 50.3 Å². The largest absolute Gasteiger partial charge is 0.380 e. The third kappa shape index (κ3) is 3.63. The van der Waals surface area contributed by atoms with Crippen LogP contribution in [0.15, 0.2) is 0 Å². The summed E-state index contributed by atoms with van der Waals surface area (Å²) in [5.74, 6) is 0. The van der Waals surface area contributed by atoms with E-state index in [-0.39, 0.29) is 0 Å². The first-order valence-corrected chi connectivity index (χ1v) is 5.41. The maximum absolute atomic E-state index is 5.37. The van der Waals surface area contributed by atoms with Crippen molar-refractivity contribution in [3.63, 3.8) is 0 Å². The molecule has 3 heteroatoms. The van der Waals surface area contributed by atoms with Crippen molar-refractivity contribution in [2.75, 3.05) is 39.4 Å². The van der Waals surface area contributed by atoms with E-state index in [0.29, 0.717) is 0 Å². The average Bonchev–Trinajstić information content (AvgIpc) is 2.02. The van der Waals surface area contributed by atoms with Gasteiger partial charge in [0, 0.05) is 32.3 Å². The van der Waals surface area contributed by atoms with Crippen LogP contribution in [0.3, 0.4) is 0 Å². The molecule has 0 aromatic heterocycles. The van der Waals surface area contributed by atoms with Crippen LogP contribution in [0.25, 0.3) is 0 Å². The molecule has 0 atom stereocenters. The molecule has 0 saturated carbocycles. The third-order valence-corrected chi connectivity index (χ3v) is 2.51. The second kappa shape index (κ2) is 6.35. The van der Waals surface area contributed by atoms with Crippen LogP contribution in [0.1, 0.15) is 20.3 Å². The summed E-state index contributed by atoms with van der Waals surface area (Å²) in [6.45, 7) is 10.6. The Balaban J connectivity index is 2.12. The lowest BCUT2D eigenvalue weighted by Gasteiger charge is -2.38. The van der Waals surface area contributed by atoms with Gasteiger partial charge in [0.2, 0.25) is 0 Å². The van der Waals surface area contributed by atoms with Gasteiger partial charge in [0.25, 0.3) is 0 Å². The molecule has 1 aliphatic heterocycles. The van der Waals surface area contributed by atoms with Gasteiger partial charge in [0.05, 0.1) is 6.61 Å². The van der Waals surface area contributed by atoms with Crippen LogP contribution in [0.5, 0.6) is 0 Å². The van der Waals surface area contributed by atoms with Crippen LogP contribution in [-0.2, 0) is 4.74 Å². The molecule has 78 valence electrons. The number of hydrogen-bond acceptors (Lipinski definition) is 3. The summed E-state index contributed by atoms with van der Waals surface area (Å²) in [5, 5.41) is 3.31. The summed E-state index contributed by atoms with van der Waals surface area (Å²) < 4.78 is 5.37. The maximum Gasteiger partial charge on any atom is 0.0593 e. The van der Waals surface area contributed by atoms with E-state index < -0.39 is 0 Å². The molecule has 0 spiro atoms. The smallest absolute Gasteiger partial charge is 0.0593 e. The predicted octanol–water partition coefficient (Wildman–Crippen LogP) is 0.707. The molecule has 1 heterocycles. The van der Waals surface area contributed by atoms with Crippen LogP contribution >= 0.6 is 0 Å². The molecule has 13 heavy (non-hydrogen) atoms. The van der Waals surface area contributed by atoms with Crippen molar-refractivity contribution < 1.29 is 4.74 Å². The molecule has 0 aliphatic carbocycles. The lowest BCUT2D eigenvalue weighted by atomic mass is 10.1. The van der Waals surface area contributed by atoms with E-state index in [9.17, 15) is 0 Å². The third-order valence-electron chi connectivity index (χ3n) is 2.51. The second-order valence-electron chi connectivity index (χ2n) is 3.54. The van der Waals surface area contributed by atoms with Gasteiger partial charge in [0.15, 0.2) is 0 Å². The molecule has 1 saturated heterocycles. The van der Waals surface area contributed by atoms with Crippen LogP contribution in [0.2, 0.25) is 0 Å². The van der Waals surface area contributed by atoms with Crippen molar-refractivity contribution >= 4 is 0 Å². The van der Waals surface area contributed by atoms with Gasteiger partial charge in [-0.2, -0.15) is 0 Å². The molecular formula is C10H22N2O. The van der Waals surface area contributed by atoms with Crippen molar-refractivity contribution in [3.8, 4) is 0 Å². The lowest BCUT2D eigenvalue weighted by molar-refractivity contribution is 0.0778. The Morgan fingerprint density at radius 1 is 1.31 bits per heavy atom. The van der Waals surface area contributed by atoms with E-state index in [4.69, 9.17) is 4.74 Å². The van der Waals surface area contributed by atoms with Crippen LogP contribution < -0.4 is 5.32 Å². The van der Waals surface area contributed by atoms with Crippen molar-refractivity contribution in [1.29, 1.82) is 0 Å². The molecule has 1 aliphatic rings. The number of hydrogen-bond donors (Lipinski definition) is 1. The van der Waals surface area contributed by atoms with Gasteiger partial charge in [-0.3, -0.25) is 4.90 Å². The first kappa shape index (κ1) is 11.0. The van der Waals surface area contributed by atoms with Crippen molar-refractivity contribution in [2.24, 2.45) is 0 Å². The van der Waals surface area contributed by atoms with Gasteiger partial charge in [-0.25, -0.2) is 0 Å². The summed E-state index contributed by atoms with van der Waals surface area (Å²) in [5.41, 5.74) is 0. The number of ether oxygens (including phenoxy) is 1. The fourth-order valence-corrected chi connectivity index (χ4v) is 1.62. The summed E-state index contributed by atoms with van der Waals surface area (Å²) in [6.07, 6.45) is 1.24. The van der Waals surface area contributed by atoms with Gasteiger partial charge in [0.1, 0.15) is 0 Å². The van der Waals surface area contributed by atoms with Gasteiger partial charge < -0.3 is 10.1 Å². The molecule has 1 fully saturated rings. The first-order valence-electron chi connectivity index (χ1n) is 5.41. The van der Waals surface area contributed by atoms with Crippen molar-refractivity contribution in [3.05, 3.63) is 0 Å². The van der Waals surface area contributed by atoms with Crippen LogP contribution in [0.4, 0.5) is 0 Å². The molecule has 0 aromatic rings. The molecule has 0 aromatic carbocycles. The highest BCUT2D eigenvalue weighted by Gasteiger charge is 2.23. The topological polar surface area (TPSA) is 24.5 Å². The van der Waals surface area contributed by atoms with E-state index in [1.807, 2.05) is 0 Å². The Bertz CT molecular complexity index is 126. The highest BCUT2D eigenvalue weighted by Crippen LogP contribution is 2.05. The highest BCUT2D eigenvalue weighted by atomic mass is 16.5. The zero-order chi connectivity index (χ0) is 9.52. The maximum atomic E-state index is 5.37. The van der Waals surface area contributed by atoms with E-state index in [2.05, 4.69) is 24.1 Å². The summed E-state index contributed by atoms with van der Waals surface area (Å²) in [4.78, 5) is 2.53. The standard InChI is InChI=1S/C10H22N2O/c1-3-5-12(6-7-13-4-2)10-8-11-9-10/h10-11H,3-9H2,1-2H3. The van der Waals surface area contributed by atoms with E-state index >= 15 is 0 Å². The normalized spacial score (nSPS) is 17.8. The Hall–Kier alpha value is -0.120. The molecule has 0 amide bonds. The molecule has 3 nitrogen and oxygen atoms in total. The van der Waals surface area contributed by atoms with Crippen molar-refractivity contribution in [1.82, 2.24) is 10.2 Å². The second-order valence-corrected chi connectivity index (χ2v) is 3.54. The molecule has 0 unspecified atom stereocenters. The number of rotatable bonds is 7. The molecular weight excluding hydrogens is 164 g/mol. The summed E-state index contributed by atoms with van der Waals surface area (Å²) >= 11 is 0. The minimum absolute atomic E-state index is 0.764. The Morgan fingerprint density at radius 3 is 2.54 bits per heavy atom. The van der Waals surface area contributed by atoms with E-state index in [1.54, 1.807) is 0 Å².